The molecule has 2 aromatic carbocycles. The number of carbonyl (C=O) groups is 3. The molecule has 0 spiro atoms. The van der Waals surface area contributed by atoms with Gasteiger partial charge in [0.25, 0.3) is 11.8 Å². The summed E-state index contributed by atoms with van der Waals surface area (Å²) < 4.78 is 5.46. The monoisotopic (exact) mass is 410 g/mol. The van der Waals surface area contributed by atoms with E-state index in [1.807, 2.05) is 11.4 Å². The highest BCUT2D eigenvalue weighted by atomic mass is 32.1. The highest BCUT2D eigenvalue weighted by Crippen LogP contribution is 2.21. The van der Waals surface area contributed by atoms with Crippen molar-refractivity contribution in [2.75, 3.05) is 23.9 Å². The number of benzene rings is 2. The first-order chi connectivity index (χ1) is 13.9. The average Bonchev–Trinajstić information content (AvgIpc) is 3.27. The number of carbonyl (C=O) groups excluding carboxylic acids is 2. The molecule has 8 heteroatoms. The van der Waals surface area contributed by atoms with Gasteiger partial charge in [-0.2, -0.15) is 0 Å². The molecular formula is C21H18N2O5S. The number of hydrogen-bond donors (Lipinski definition) is 2. The Kier molecular flexibility index (Phi) is 6.25. The SMILES string of the molecule is CN(C(=O)c1cccs1)c1ccc(OCC(=O)Nc2ccc(C(=O)O)cc2)cc1. The molecule has 2 amide bonds. The van der Waals surface area contributed by atoms with Crippen molar-refractivity contribution in [1.29, 1.82) is 0 Å². The normalized spacial score (nSPS) is 10.2. The van der Waals surface area contributed by atoms with Crippen LogP contribution in [0.5, 0.6) is 5.75 Å². The largest absolute Gasteiger partial charge is 0.484 e. The number of rotatable bonds is 7. The highest BCUT2D eigenvalue weighted by molar-refractivity contribution is 7.12. The van der Waals surface area contributed by atoms with Gasteiger partial charge in [-0.25, -0.2) is 4.79 Å². The van der Waals surface area contributed by atoms with Crippen molar-refractivity contribution in [2.24, 2.45) is 0 Å². The van der Waals surface area contributed by atoms with Gasteiger partial charge in [0, 0.05) is 18.4 Å². The van der Waals surface area contributed by atoms with E-state index >= 15 is 0 Å². The van der Waals surface area contributed by atoms with Crippen LogP contribution >= 0.6 is 11.3 Å². The van der Waals surface area contributed by atoms with Crippen molar-refractivity contribution in [3.63, 3.8) is 0 Å². The fraction of sp³-hybridized carbons (Fsp3) is 0.0952. The maximum absolute atomic E-state index is 12.4. The molecule has 0 atom stereocenters. The lowest BCUT2D eigenvalue weighted by atomic mass is 10.2. The highest BCUT2D eigenvalue weighted by Gasteiger charge is 2.14. The Bertz CT molecular complexity index is 999. The molecule has 3 rings (SSSR count). The van der Waals surface area contributed by atoms with Crippen LogP contribution in [0.2, 0.25) is 0 Å². The molecule has 29 heavy (non-hydrogen) atoms. The number of hydrogen-bond acceptors (Lipinski definition) is 5. The van der Waals surface area contributed by atoms with Gasteiger partial charge in [-0.15, -0.1) is 11.3 Å². The molecule has 1 aromatic heterocycles. The molecule has 2 N–H and O–H groups in total. The zero-order valence-corrected chi connectivity index (χ0v) is 16.3. The fourth-order valence-electron chi connectivity index (χ4n) is 2.49. The second-order valence-electron chi connectivity index (χ2n) is 6.05. The summed E-state index contributed by atoms with van der Waals surface area (Å²) in [5.74, 6) is -1.01. The van der Waals surface area contributed by atoms with Gasteiger partial charge >= 0.3 is 5.97 Å². The number of carboxylic acid groups (broad SMARTS) is 1. The number of aromatic carboxylic acids is 1. The quantitative estimate of drug-likeness (QED) is 0.619. The predicted octanol–water partition coefficient (Wildman–Crippen LogP) is 3.74. The lowest BCUT2D eigenvalue weighted by molar-refractivity contribution is -0.118. The molecule has 7 nitrogen and oxygen atoms in total. The van der Waals surface area contributed by atoms with Crippen LogP contribution in [0, 0.1) is 0 Å². The summed E-state index contributed by atoms with van der Waals surface area (Å²) in [6, 6.07) is 16.3. The smallest absolute Gasteiger partial charge is 0.335 e. The Morgan fingerprint density at radius 2 is 1.72 bits per heavy atom. The summed E-state index contributed by atoms with van der Waals surface area (Å²) in [6.07, 6.45) is 0. The van der Waals surface area contributed by atoms with Gasteiger partial charge in [-0.1, -0.05) is 6.07 Å². The van der Waals surface area contributed by atoms with Crippen LogP contribution in [0.15, 0.2) is 66.0 Å². The standard InChI is InChI=1S/C21H18N2O5S/c1-23(20(25)18-3-2-12-29-18)16-8-10-17(11-9-16)28-13-19(24)22-15-6-4-14(5-7-15)21(26)27/h2-12H,13H2,1H3,(H,22,24)(H,26,27). The minimum atomic E-state index is -1.03. The maximum Gasteiger partial charge on any atom is 0.335 e. The van der Waals surface area contributed by atoms with Crippen molar-refractivity contribution in [2.45, 2.75) is 0 Å². The Hall–Kier alpha value is -3.65. The Morgan fingerprint density at radius 1 is 1.03 bits per heavy atom. The van der Waals surface area contributed by atoms with Crippen molar-refractivity contribution in [1.82, 2.24) is 0 Å². The van der Waals surface area contributed by atoms with Gasteiger partial charge in [0.1, 0.15) is 5.75 Å². The summed E-state index contributed by atoms with van der Waals surface area (Å²) in [5, 5.41) is 13.4. The van der Waals surface area contributed by atoms with Crippen molar-refractivity contribution in [3.8, 4) is 5.75 Å². The Morgan fingerprint density at radius 3 is 2.31 bits per heavy atom. The first-order valence-corrected chi connectivity index (χ1v) is 9.49. The third-order valence-electron chi connectivity index (χ3n) is 4.05. The zero-order chi connectivity index (χ0) is 20.8. The van der Waals surface area contributed by atoms with Gasteiger partial charge in [-0.3, -0.25) is 9.59 Å². The van der Waals surface area contributed by atoms with Crippen LogP contribution in [0.4, 0.5) is 11.4 Å². The second-order valence-corrected chi connectivity index (χ2v) is 7.00. The molecular weight excluding hydrogens is 392 g/mol. The van der Waals surface area contributed by atoms with Crippen molar-refractivity contribution >= 4 is 40.5 Å². The van der Waals surface area contributed by atoms with Gasteiger partial charge < -0.3 is 20.1 Å². The van der Waals surface area contributed by atoms with Gasteiger partial charge in [0.2, 0.25) is 0 Å². The summed E-state index contributed by atoms with van der Waals surface area (Å²) in [5.41, 5.74) is 1.33. The van der Waals surface area contributed by atoms with Crippen molar-refractivity contribution < 1.29 is 24.2 Å². The van der Waals surface area contributed by atoms with Crippen molar-refractivity contribution in [3.05, 3.63) is 76.5 Å². The summed E-state index contributed by atoms with van der Waals surface area (Å²) in [6.45, 7) is -0.204. The fourth-order valence-corrected chi connectivity index (χ4v) is 3.19. The zero-order valence-electron chi connectivity index (χ0n) is 15.5. The summed E-state index contributed by atoms with van der Waals surface area (Å²) >= 11 is 1.38. The van der Waals surface area contributed by atoms with E-state index in [-0.39, 0.29) is 24.0 Å². The molecule has 0 saturated carbocycles. The van der Waals surface area contributed by atoms with E-state index in [1.165, 1.54) is 35.6 Å². The van der Waals surface area contributed by atoms with Gasteiger partial charge in [0.15, 0.2) is 6.61 Å². The summed E-state index contributed by atoms with van der Waals surface area (Å²) in [4.78, 5) is 37.4. The molecule has 148 valence electrons. The molecule has 0 saturated heterocycles. The predicted molar refractivity (Wildman–Crippen MR) is 111 cm³/mol. The number of carboxylic acids is 1. The second kappa shape index (κ2) is 9.03. The van der Waals surface area contributed by atoms with E-state index in [9.17, 15) is 14.4 Å². The third kappa shape index (κ3) is 5.20. The number of nitrogens with one attached hydrogen (secondary N) is 1. The van der Waals surface area contributed by atoms with E-state index in [1.54, 1.807) is 42.3 Å². The number of thiophene rings is 1. The lowest BCUT2D eigenvalue weighted by Gasteiger charge is -2.17. The molecule has 0 radical (unpaired) electrons. The first kappa shape index (κ1) is 20.1. The van der Waals surface area contributed by atoms with Crippen LogP contribution in [0.1, 0.15) is 20.0 Å². The number of anilines is 2. The Labute approximate surface area is 171 Å². The van der Waals surface area contributed by atoms with E-state index in [2.05, 4.69) is 5.32 Å². The number of amides is 2. The van der Waals surface area contributed by atoms with E-state index in [0.717, 1.165) is 0 Å². The third-order valence-corrected chi connectivity index (χ3v) is 4.90. The van der Waals surface area contributed by atoms with Gasteiger partial charge in [-0.05, 0) is 60.0 Å². The molecule has 0 bridgehead atoms. The molecule has 1 heterocycles. The van der Waals surface area contributed by atoms with E-state index in [4.69, 9.17) is 9.84 Å². The average molecular weight is 410 g/mol. The first-order valence-electron chi connectivity index (χ1n) is 8.61. The van der Waals surface area contributed by atoms with Crippen LogP contribution in [-0.4, -0.2) is 36.5 Å². The molecule has 0 aliphatic carbocycles. The molecule has 0 aliphatic rings. The topological polar surface area (TPSA) is 95.9 Å². The van der Waals surface area contributed by atoms with Gasteiger partial charge in [0.05, 0.1) is 10.4 Å². The van der Waals surface area contributed by atoms with E-state index < -0.39 is 5.97 Å². The molecule has 3 aromatic rings. The molecule has 0 fully saturated rings. The maximum atomic E-state index is 12.4. The molecule has 0 unspecified atom stereocenters. The van der Waals surface area contributed by atoms with Crippen LogP contribution in [-0.2, 0) is 4.79 Å². The minimum absolute atomic E-state index is 0.0954. The number of ether oxygens (including phenoxy) is 1. The number of nitrogens with zero attached hydrogens (tertiary/aromatic N) is 1. The minimum Gasteiger partial charge on any atom is -0.484 e. The molecule has 0 aliphatic heterocycles. The van der Waals surface area contributed by atoms with E-state index in [0.29, 0.717) is 22.0 Å². The lowest BCUT2D eigenvalue weighted by Crippen LogP contribution is -2.25. The summed E-state index contributed by atoms with van der Waals surface area (Å²) in [7, 11) is 1.70. The van der Waals surface area contributed by atoms with Crippen LogP contribution < -0.4 is 15.0 Å². The Balaban J connectivity index is 1.52. The van der Waals surface area contributed by atoms with Crippen LogP contribution in [0.25, 0.3) is 0 Å². The van der Waals surface area contributed by atoms with Crippen LogP contribution in [0.3, 0.4) is 0 Å².